The van der Waals surface area contributed by atoms with Gasteiger partial charge in [-0.05, 0) is 11.6 Å². The maximum Gasteiger partial charge on any atom is 0.0894 e. The van der Waals surface area contributed by atoms with E-state index in [-0.39, 0.29) is 16.7 Å². The van der Waals surface area contributed by atoms with Crippen LogP contribution in [0, 0.1) is 0 Å². The third kappa shape index (κ3) is 3.08. The summed E-state index contributed by atoms with van der Waals surface area (Å²) >= 11 is 14.6. The Morgan fingerprint density at radius 2 is 1.93 bits per heavy atom. The summed E-state index contributed by atoms with van der Waals surface area (Å²) in [6, 6.07) is 3.06. The van der Waals surface area contributed by atoms with Crippen LogP contribution in [0.25, 0.3) is 0 Å². The van der Waals surface area contributed by atoms with Gasteiger partial charge in [-0.25, -0.2) is 4.21 Å². The summed E-state index contributed by atoms with van der Waals surface area (Å²) in [5, 5.41) is 0.694. The van der Waals surface area contributed by atoms with E-state index in [9.17, 15) is 8.76 Å². The maximum absolute atomic E-state index is 10.1. The maximum atomic E-state index is 10.1. The van der Waals surface area contributed by atoms with Crippen LogP contribution in [0.5, 0.6) is 0 Å². The minimum absolute atomic E-state index is 0.161. The van der Waals surface area contributed by atoms with Crippen LogP contribution in [0.4, 0.5) is 0 Å². The van der Waals surface area contributed by atoms with Crippen molar-refractivity contribution in [3.63, 3.8) is 0 Å². The van der Waals surface area contributed by atoms with Crippen molar-refractivity contribution >= 4 is 46.2 Å². The van der Waals surface area contributed by atoms with Gasteiger partial charge in [0.1, 0.15) is 0 Å². The molecule has 0 saturated heterocycles. The number of hydrogen-bond donors (Lipinski definition) is 0. The smallest absolute Gasteiger partial charge is 0.0894 e. The van der Waals surface area contributed by atoms with Crippen LogP contribution in [0.3, 0.4) is 0 Å². The number of benzene rings is 1. The second-order valence-corrected chi connectivity index (χ2v) is 4.11. The molecule has 1 rings (SSSR count). The van der Waals surface area contributed by atoms with Crippen molar-refractivity contribution in [3.8, 4) is 0 Å². The molecule has 0 bridgehead atoms. The Hall–Kier alpha value is 0.160. The number of hydrogen-bond acceptors (Lipinski definition) is 3. The van der Waals surface area contributed by atoms with Crippen LogP contribution < -0.4 is 0 Å². The van der Waals surface area contributed by atoms with Gasteiger partial charge in [0, 0.05) is 0 Å². The zero-order valence-electron chi connectivity index (χ0n) is 6.63. The molecule has 0 aliphatic heterocycles. The lowest BCUT2D eigenvalue weighted by Gasteiger charge is -2.08. The highest BCUT2D eigenvalue weighted by atomic mass is 35.5. The lowest BCUT2D eigenvalue weighted by atomic mass is 10.2. The van der Waals surface area contributed by atoms with Gasteiger partial charge in [-0.1, -0.05) is 40.9 Å². The fourth-order valence-corrected chi connectivity index (χ4v) is 1.62. The molecule has 0 amide bonds. The third-order valence-corrected chi connectivity index (χ3v) is 3.07. The van der Waals surface area contributed by atoms with E-state index in [0.717, 1.165) is 0 Å². The highest BCUT2D eigenvalue weighted by Gasteiger charge is 2.08. The van der Waals surface area contributed by atoms with Gasteiger partial charge < -0.3 is 4.55 Å². The zero-order valence-corrected chi connectivity index (χ0v) is 9.71. The Labute approximate surface area is 98.4 Å². The first-order valence-corrected chi connectivity index (χ1v) is 5.50. The van der Waals surface area contributed by atoms with E-state index in [2.05, 4.69) is 4.18 Å². The summed E-state index contributed by atoms with van der Waals surface area (Å²) in [7, 11) is 0. The van der Waals surface area contributed by atoms with Crippen molar-refractivity contribution in [1.82, 2.24) is 0 Å². The molecule has 0 aliphatic rings. The molecule has 1 unspecified atom stereocenters. The summed E-state index contributed by atoms with van der Waals surface area (Å²) in [5.74, 6) is 0. The quantitative estimate of drug-likeness (QED) is 0.629. The molecule has 0 aliphatic carbocycles. The average Bonchev–Trinajstić information content (AvgIpc) is 2.13. The summed E-state index contributed by atoms with van der Waals surface area (Å²) in [6.45, 7) is -0.161. The van der Waals surface area contributed by atoms with Gasteiger partial charge in [0.05, 0.1) is 33.0 Å². The van der Waals surface area contributed by atoms with Gasteiger partial charge in [-0.3, -0.25) is 4.18 Å². The minimum Gasteiger partial charge on any atom is -0.750 e. The monoisotopic (exact) mass is 273 g/mol. The second-order valence-electron chi connectivity index (χ2n) is 2.30. The fourth-order valence-electron chi connectivity index (χ4n) is 0.789. The van der Waals surface area contributed by atoms with E-state index in [1.807, 2.05) is 0 Å². The molecule has 1 atom stereocenters. The van der Waals surface area contributed by atoms with Gasteiger partial charge in [-0.15, -0.1) is 0 Å². The van der Waals surface area contributed by atoms with Crippen molar-refractivity contribution in [1.29, 1.82) is 0 Å². The highest BCUT2D eigenvalue weighted by Crippen LogP contribution is 2.32. The molecule has 0 radical (unpaired) electrons. The van der Waals surface area contributed by atoms with E-state index in [1.165, 1.54) is 6.07 Å². The van der Waals surface area contributed by atoms with E-state index >= 15 is 0 Å². The molecule has 0 heterocycles. The van der Waals surface area contributed by atoms with Crippen LogP contribution in [0.1, 0.15) is 5.56 Å². The molecule has 0 fully saturated rings. The van der Waals surface area contributed by atoms with Gasteiger partial charge in [-0.2, -0.15) is 0 Å². The number of halogens is 3. The Morgan fingerprint density at radius 1 is 1.29 bits per heavy atom. The van der Waals surface area contributed by atoms with E-state index in [0.29, 0.717) is 10.6 Å². The average molecular weight is 275 g/mol. The van der Waals surface area contributed by atoms with E-state index in [1.54, 1.807) is 6.07 Å². The van der Waals surface area contributed by atoms with Gasteiger partial charge in [0.15, 0.2) is 0 Å². The van der Waals surface area contributed by atoms with Crippen LogP contribution in [-0.4, -0.2) is 8.76 Å². The first kappa shape index (κ1) is 12.2. The van der Waals surface area contributed by atoms with Crippen molar-refractivity contribution < 1.29 is 12.9 Å². The molecule has 0 saturated carbocycles. The third-order valence-electron chi connectivity index (χ3n) is 1.43. The molecule has 7 heteroatoms. The summed E-state index contributed by atoms with van der Waals surface area (Å²) in [4.78, 5) is 0. The second kappa shape index (κ2) is 5.30. The van der Waals surface area contributed by atoms with Gasteiger partial charge in [0.2, 0.25) is 0 Å². The molecule has 14 heavy (non-hydrogen) atoms. The molecular weight excluding hydrogens is 270 g/mol. The lowest BCUT2D eigenvalue weighted by Crippen LogP contribution is -1.97. The molecule has 3 nitrogen and oxygen atoms in total. The van der Waals surface area contributed by atoms with Crippen molar-refractivity contribution in [2.45, 2.75) is 6.61 Å². The van der Waals surface area contributed by atoms with E-state index in [4.69, 9.17) is 34.8 Å². The lowest BCUT2D eigenvalue weighted by molar-refractivity contribution is 0.291. The van der Waals surface area contributed by atoms with Crippen LogP contribution in [0.15, 0.2) is 12.1 Å². The Bertz CT molecular complexity index is 369. The molecule has 0 aromatic heterocycles. The van der Waals surface area contributed by atoms with E-state index < -0.39 is 11.4 Å². The Balaban J connectivity index is 2.88. The summed E-state index contributed by atoms with van der Waals surface area (Å²) in [6.07, 6.45) is 0. The SMILES string of the molecule is O=S([O-])OCc1ccc(Cl)c(Cl)c1Cl. The molecular formula is C7H4Cl3O3S-. The standard InChI is InChI=1S/C7H5Cl3O3S/c8-5-2-1-4(3-13-14(11)12)6(9)7(5)10/h1-2H,3H2,(H,11,12)/p-1. The molecule has 1 aromatic carbocycles. The Morgan fingerprint density at radius 3 is 2.50 bits per heavy atom. The van der Waals surface area contributed by atoms with Crippen molar-refractivity contribution in [2.24, 2.45) is 0 Å². The normalized spacial score (nSPS) is 12.9. The molecule has 78 valence electrons. The zero-order chi connectivity index (χ0) is 10.7. The van der Waals surface area contributed by atoms with Crippen molar-refractivity contribution in [3.05, 3.63) is 32.8 Å². The first-order valence-electron chi connectivity index (χ1n) is 3.37. The first-order chi connectivity index (χ1) is 6.52. The summed E-state index contributed by atoms with van der Waals surface area (Å²) in [5.41, 5.74) is 0.463. The largest absolute Gasteiger partial charge is 0.750 e. The van der Waals surface area contributed by atoms with Crippen LogP contribution in [0.2, 0.25) is 15.1 Å². The topological polar surface area (TPSA) is 49.4 Å². The van der Waals surface area contributed by atoms with Crippen LogP contribution >= 0.6 is 34.8 Å². The van der Waals surface area contributed by atoms with Gasteiger partial charge in [0.25, 0.3) is 0 Å². The minimum atomic E-state index is -2.57. The Kier molecular flexibility index (Phi) is 4.63. The predicted molar refractivity (Wildman–Crippen MR) is 55.2 cm³/mol. The van der Waals surface area contributed by atoms with Crippen molar-refractivity contribution in [2.75, 3.05) is 0 Å². The number of rotatable bonds is 3. The van der Waals surface area contributed by atoms with Crippen LogP contribution in [-0.2, 0) is 22.2 Å². The molecule has 0 N–H and O–H groups in total. The summed E-state index contributed by atoms with van der Waals surface area (Å²) < 4.78 is 24.6. The predicted octanol–water partition coefficient (Wildman–Crippen LogP) is 2.96. The fraction of sp³-hybridized carbons (Fsp3) is 0.143. The highest BCUT2D eigenvalue weighted by molar-refractivity contribution is 7.74. The van der Waals surface area contributed by atoms with Gasteiger partial charge >= 0.3 is 0 Å². The molecule has 1 aromatic rings. The molecule has 0 spiro atoms.